The minimum atomic E-state index is -0.166. The molecule has 0 atom stereocenters. The van der Waals surface area contributed by atoms with E-state index in [1.165, 1.54) is 19.3 Å². The fourth-order valence-corrected chi connectivity index (χ4v) is 3.51. The molecule has 0 aliphatic carbocycles. The van der Waals surface area contributed by atoms with Crippen LogP contribution in [0.2, 0.25) is 0 Å². The van der Waals surface area contributed by atoms with Crippen LogP contribution >= 0.6 is 0 Å². The Morgan fingerprint density at radius 1 is 0.857 bits per heavy atom. The topological polar surface area (TPSA) is 61.4 Å². The van der Waals surface area contributed by atoms with Gasteiger partial charge in [0.25, 0.3) is 11.8 Å². The highest BCUT2D eigenvalue weighted by molar-refractivity contribution is 6.04. The summed E-state index contributed by atoms with van der Waals surface area (Å²) in [6, 6.07) is 16.0. The lowest BCUT2D eigenvalue weighted by molar-refractivity contribution is 0.0797. The summed E-state index contributed by atoms with van der Waals surface area (Å²) in [4.78, 5) is 27.2. The van der Waals surface area contributed by atoms with E-state index >= 15 is 0 Å². The molecule has 0 aromatic heterocycles. The molecule has 0 saturated carbocycles. The van der Waals surface area contributed by atoms with Crippen LogP contribution in [0.5, 0.6) is 0 Å². The SMILES string of the molecule is CC(C)(CNC(=O)c1ccc(NC(=O)c2ccccc2)cc1)N1CCCCC1. The quantitative estimate of drug-likeness (QED) is 0.799. The first-order valence-electron chi connectivity index (χ1n) is 9.95. The van der Waals surface area contributed by atoms with Crippen molar-refractivity contribution in [1.29, 1.82) is 0 Å². The number of piperidine rings is 1. The number of hydrogen-bond donors (Lipinski definition) is 2. The third kappa shape index (κ3) is 5.20. The van der Waals surface area contributed by atoms with Gasteiger partial charge >= 0.3 is 0 Å². The Morgan fingerprint density at radius 3 is 2.11 bits per heavy atom. The van der Waals surface area contributed by atoms with Gasteiger partial charge in [-0.1, -0.05) is 24.6 Å². The maximum atomic E-state index is 12.5. The average Bonchev–Trinajstić information content (AvgIpc) is 2.74. The summed E-state index contributed by atoms with van der Waals surface area (Å²) in [5.41, 5.74) is 1.80. The number of benzene rings is 2. The van der Waals surface area contributed by atoms with Crippen molar-refractivity contribution in [3.8, 4) is 0 Å². The van der Waals surface area contributed by atoms with Crippen LogP contribution in [0.25, 0.3) is 0 Å². The van der Waals surface area contributed by atoms with Gasteiger partial charge in [-0.25, -0.2) is 0 Å². The van der Waals surface area contributed by atoms with E-state index in [2.05, 4.69) is 29.4 Å². The predicted octanol–water partition coefficient (Wildman–Crippen LogP) is 3.93. The van der Waals surface area contributed by atoms with E-state index in [1.54, 1.807) is 36.4 Å². The molecular weight excluding hydrogens is 350 g/mol. The van der Waals surface area contributed by atoms with Crippen LogP contribution in [-0.4, -0.2) is 41.9 Å². The summed E-state index contributed by atoms with van der Waals surface area (Å²) in [6.45, 7) is 7.16. The molecule has 1 heterocycles. The van der Waals surface area contributed by atoms with Crippen molar-refractivity contribution in [3.05, 3.63) is 65.7 Å². The summed E-state index contributed by atoms with van der Waals surface area (Å²) >= 11 is 0. The molecule has 3 rings (SSSR count). The maximum absolute atomic E-state index is 12.5. The van der Waals surface area contributed by atoms with Gasteiger partial charge in [-0.05, 0) is 76.2 Å². The Labute approximate surface area is 167 Å². The number of rotatable bonds is 6. The van der Waals surface area contributed by atoms with Crippen LogP contribution in [0, 0.1) is 0 Å². The molecule has 2 N–H and O–H groups in total. The van der Waals surface area contributed by atoms with E-state index in [1.807, 2.05) is 18.2 Å². The zero-order valence-corrected chi connectivity index (χ0v) is 16.7. The van der Waals surface area contributed by atoms with Gasteiger partial charge in [-0.3, -0.25) is 14.5 Å². The van der Waals surface area contributed by atoms with Crippen LogP contribution in [0.1, 0.15) is 53.8 Å². The Kier molecular flexibility index (Phi) is 6.47. The first-order valence-corrected chi connectivity index (χ1v) is 9.95. The van der Waals surface area contributed by atoms with Gasteiger partial charge in [-0.2, -0.15) is 0 Å². The Balaban J connectivity index is 1.54. The fraction of sp³-hybridized carbons (Fsp3) is 0.391. The Bertz CT molecular complexity index is 794. The summed E-state index contributed by atoms with van der Waals surface area (Å²) in [5.74, 6) is -0.257. The van der Waals surface area contributed by atoms with Crippen molar-refractivity contribution in [3.63, 3.8) is 0 Å². The van der Waals surface area contributed by atoms with Gasteiger partial charge < -0.3 is 10.6 Å². The smallest absolute Gasteiger partial charge is 0.255 e. The Hall–Kier alpha value is -2.66. The number of carbonyl (C=O) groups is 2. The zero-order valence-electron chi connectivity index (χ0n) is 16.7. The number of likely N-dealkylation sites (tertiary alicyclic amines) is 1. The monoisotopic (exact) mass is 379 g/mol. The molecule has 28 heavy (non-hydrogen) atoms. The molecule has 2 amide bonds. The molecular formula is C23H29N3O2. The van der Waals surface area contributed by atoms with E-state index in [0.29, 0.717) is 23.4 Å². The summed E-state index contributed by atoms with van der Waals surface area (Å²) in [5, 5.41) is 5.90. The van der Waals surface area contributed by atoms with E-state index in [-0.39, 0.29) is 17.4 Å². The molecule has 0 bridgehead atoms. The van der Waals surface area contributed by atoms with Crippen molar-refractivity contribution < 1.29 is 9.59 Å². The fourth-order valence-electron chi connectivity index (χ4n) is 3.51. The van der Waals surface area contributed by atoms with Crippen LogP contribution in [0.4, 0.5) is 5.69 Å². The summed E-state index contributed by atoms with van der Waals surface area (Å²) < 4.78 is 0. The van der Waals surface area contributed by atoms with Gasteiger partial charge in [0.1, 0.15) is 0 Å². The molecule has 2 aromatic rings. The van der Waals surface area contributed by atoms with Gasteiger partial charge in [0.15, 0.2) is 0 Å². The lowest BCUT2D eigenvalue weighted by Gasteiger charge is -2.41. The standard InChI is InChI=1S/C23H29N3O2/c1-23(2,26-15-7-4-8-16-26)17-24-21(27)19-11-13-20(14-12-19)25-22(28)18-9-5-3-6-10-18/h3,5-6,9-14H,4,7-8,15-17H2,1-2H3,(H,24,27)(H,25,28). The lowest BCUT2D eigenvalue weighted by atomic mass is 9.98. The number of nitrogens with zero attached hydrogens (tertiary/aromatic N) is 1. The van der Waals surface area contributed by atoms with Crippen molar-refractivity contribution in [2.24, 2.45) is 0 Å². The minimum absolute atomic E-state index is 0.0559. The molecule has 1 saturated heterocycles. The molecule has 1 fully saturated rings. The average molecular weight is 380 g/mol. The second-order valence-electron chi connectivity index (χ2n) is 7.94. The number of anilines is 1. The lowest BCUT2D eigenvalue weighted by Crippen LogP contribution is -2.53. The first-order chi connectivity index (χ1) is 13.5. The zero-order chi connectivity index (χ0) is 20.0. The summed E-state index contributed by atoms with van der Waals surface area (Å²) in [7, 11) is 0. The summed E-state index contributed by atoms with van der Waals surface area (Å²) in [6.07, 6.45) is 3.76. The molecule has 5 nitrogen and oxygen atoms in total. The number of amides is 2. The first kappa shape index (κ1) is 20.1. The second-order valence-corrected chi connectivity index (χ2v) is 7.94. The third-order valence-corrected chi connectivity index (χ3v) is 5.33. The van der Waals surface area contributed by atoms with Crippen molar-refractivity contribution >= 4 is 17.5 Å². The number of nitrogens with one attached hydrogen (secondary N) is 2. The molecule has 0 spiro atoms. The number of hydrogen-bond acceptors (Lipinski definition) is 3. The molecule has 1 aliphatic heterocycles. The van der Waals surface area contributed by atoms with Gasteiger partial charge in [0, 0.05) is 28.9 Å². The third-order valence-electron chi connectivity index (χ3n) is 5.33. The van der Waals surface area contributed by atoms with Crippen molar-refractivity contribution in [2.45, 2.75) is 38.6 Å². The molecule has 5 heteroatoms. The predicted molar refractivity (Wildman–Crippen MR) is 113 cm³/mol. The Morgan fingerprint density at radius 2 is 1.46 bits per heavy atom. The van der Waals surface area contributed by atoms with E-state index in [4.69, 9.17) is 0 Å². The van der Waals surface area contributed by atoms with Crippen molar-refractivity contribution in [2.75, 3.05) is 25.0 Å². The van der Waals surface area contributed by atoms with Crippen molar-refractivity contribution in [1.82, 2.24) is 10.2 Å². The van der Waals surface area contributed by atoms with Gasteiger partial charge in [0.2, 0.25) is 0 Å². The van der Waals surface area contributed by atoms with Crippen LogP contribution in [-0.2, 0) is 0 Å². The van der Waals surface area contributed by atoms with Crippen LogP contribution in [0.3, 0.4) is 0 Å². The minimum Gasteiger partial charge on any atom is -0.350 e. The highest BCUT2D eigenvalue weighted by Gasteiger charge is 2.28. The molecule has 2 aromatic carbocycles. The van der Waals surface area contributed by atoms with E-state index in [9.17, 15) is 9.59 Å². The van der Waals surface area contributed by atoms with Gasteiger partial charge in [-0.15, -0.1) is 0 Å². The normalized spacial score (nSPS) is 15.1. The number of carbonyl (C=O) groups excluding carboxylic acids is 2. The maximum Gasteiger partial charge on any atom is 0.255 e. The second kappa shape index (κ2) is 9.02. The molecule has 1 aliphatic rings. The molecule has 0 unspecified atom stereocenters. The largest absolute Gasteiger partial charge is 0.350 e. The molecule has 0 radical (unpaired) electrons. The van der Waals surface area contributed by atoms with Gasteiger partial charge in [0.05, 0.1) is 0 Å². The van der Waals surface area contributed by atoms with E-state index < -0.39 is 0 Å². The highest BCUT2D eigenvalue weighted by Crippen LogP contribution is 2.20. The highest BCUT2D eigenvalue weighted by atomic mass is 16.2. The van der Waals surface area contributed by atoms with E-state index in [0.717, 1.165) is 13.1 Å². The van der Waals surface area contributed by atoms with Crippen LogP contribution < -0.4 is 10.6 Å². The van der Waals surface area contributed by atoms with Crippen LogP contribution in [0.15, 0.2) is 54.6 Å². The molecule has 148 valence electrons.